The summed E-state index contributed by atoms with van der Waals surface area (Å²) in [5.41, 5.74) is 1.23. The number of aromatic nitrogens is 2. The van der Waals surface area contributed by atoms with Crippen LogP contribution in [0, 0.1) is 5.82 Å². The number of ether oxygens (including phenoxy) is 2. The first-order valence-corrected chi connectivity index (χ1v) is 11.6. The molecule has 1 fully saturated rings. The Bertz CT molecular complexity index is 1570. The fourth-order valence-electron chi connectivity index (χ4n) is 4.36. The number of amides is 1. The van der Waals surface area contributed by atoms with Crippen LogP contribution in [0.3, 0.4) is 0 Å². The van der Waals surface area contributed by atoms with Gasteiger partial charge in [-0.25, -0.2) is 9.37 Å². The second-order valence-corrected chi connectivity index (χ2v) is 8.87. The van der Waals surface area contributed by atoms with Gasteiger partial charge in [-0.1, -0.05) is 47.5 Å². The van der Waals surface area contributed by atoms with E-state index in [1.54, 1.807) is 24.3 Å². The maximum absolute atomic E-state index is 13.8. The number of carbonyl (C=O) groups excluding carboxylic acids is 2. The van der Waals surface area contributed by atoms with Gasteiger partial charge < -0.3 is 19.6 Å². The molecule has 0 aliphatic carbocycles. The number of Topliss-reactive ketones (excluding diaryl/α,β-unsaturated/α-hetero) is 1. The molecule has 2 heterocycles. The second-order valence-electron chi connectivity index (χ2n) is 8.08. The summed E-state index contributed by atoms with van der Waals surface area (Å²) in [5.74, 6) is -2.87. The van der Waals surface area contributed by atoms with Gasteiger partial charge in [0.1, 0.15) is 16.6 Å². The number of aliphatic hydroxyl groups is 1. The van der Waals surface area contributed by atoms with Crippen LogP contribution < -0.4 is 14.4 Å². The van der Waals surface area contributed by atoms with Gasteiger partial charge in [0, 0.05) is 0 Å². The molecule has 8 nitrogen and oxygen atoms in total. The van der Waals surface area contributed by atoms with Gasteiger partial charge in [-0.15, -0.1) is 0 Å². The lowest BCUT2D eigenvalue weighted by Gasteiger charge is -2.23. The van der Waals surface area contributed by atoms with Crippen LogP contribution in [0.4, 0.5) is 10.3 Å². The number of aromatic amines is 1. The van der Waals surface area contributed by atoms with Crippen molar-refractivity contribution in [3.63, 3.8) is 0 Å². The van der Waals surface area contributed by atoms with E-state index in [0.717, 1.165) is 4.90 Å². The largest absolute Gasteiger partial charge is 0.507 e. The highest BCUT2D eigenvalue weighted by Gasteiger charge is 2.48. The highest BCUT2D eigenvalue weighted by Crippen LogP contribution is 2.47. The Morgan fingerprint density at radius 1 is 1.05 bits per heavy atom. The fraction of sp³-hybridized carbons (Fsp3) is 0.115. The van der Waals surface area contributed by atoms with Crippen LogP contribution in [0.1, 0.15) is 17.2 Å². The van der Waals surface area contributed by atoms with Gasteiger partial charge >= 0.3 is 5.91 Å². The number of nitrogens with one attached hydrogen (secondary N) is 1. The van der Waals surface area contributed by atoms with Crippen LogP contribution in [0.15, 0.2) is 60.2 Å². The summed E-state index contributed by atoms with van der Waals surface area (Å²) in [4.78, 5) is 35.4. The summed E-state index contributed by atoms with van der Waals surface area (Å²) in [6, 6.07) is 12.4. The lowest BCUT2D eigenvalue weighted by molar-refractivity contribution is -0.132. The number of anilines is 1. The van der Waals surface area contributed by atoms with Crippen molar-refractivity contribution in [1.82, 2.24) is 9.97 Å². The van der Waals surface area contributed by atoms with Crippen molar-refractivity contribution in [2.45, 2.75) is 6.04 Å². The monoisotopic (exact) mass is 541 g/mol. The van der Waals surface area contributed by atoms with Crippen LogP contribution in [0.2, 0.25) is 10.0 Å². The van der Waals surface area contributed by atoms with Gasteiger partial charge in [0.05, 0.1) is 47.5 Å². The van der Waals surface area contributed by atoms with Crippen LogP contribution >= 0.6 is 23.2 Å². The van der Waals surface area contributed by atoms with Gasteiger partial charge in [-0.3, -0.25) is 14.5 Å². The van der Waals surface area contributed by atoms with Crippen molar-refractivity contribution >= 4 is 57.6 Å². The second kappa shape index (κ2) is 9.42. The molecular formula is C26H18Cl2FN3O5. The Kier molecular flexibility index (Phi) is 6.26. The maximum atomic E-state index is 13.8. The van der Waals surface area contributed by atoms with E-state index >= 15 is 0 Å². The van der Waals surface area contributed by atoms with E-state index in [-0.39, 0.29) is 38.6 Å². The number of benzene rings is 3. The standard InChI is InChI=1S/C26H18Cl2FN3O5/c1-36-23-14(11-15(27)24(37-2)19(23)28)21(33)18-20(12-7-9-13(29)10-8-12)32(25(35)22(18)34)26-30-16-5-3-4-6-17(16)31-26/h3-11,20,33H,1-2H3,(H,30,31)/b21-18+. The van der Waals surface area contributed by atoms with E-state index in [4.69, 9.17) is 32.7 Å². The number of nitrogens with zero attached hydrogens (tertiary/aromatic N) is 2. The minimum atomic E-state index is -1.16. The highest BCUT2D eigenvalue weighted by atomic mass is 35.5. The molecule has 0 spiro atoms. The lowest BCUT2D eigenvalue weighted by Crippen LogP contribution is -2.30. The number of aliphatic hydroxyl groups excluding tert-OH is 1. The molecule has 188 valence electrons. The summed E-state index contributed by atoms with van der Waals surface area (Å²) >= 11 is 12.7. The molecular weight excluding hydrogens is 524 g/mol. The average molecular weight is 542 g/mol. The van der Waals surface area contributed by atoms with Crippen LogP contribution in [0.25, 0.3) is 16.8 Å². The number of para-hydroxylation sites is 2. The number of hydrogen-bond donors (Lipinski definition) is 2. The topological polar surface area (TPSA) is 105 Å². The van der Waals surface area contributed by atoms with E-state index in [2.05, 4.69) is 9.97 Å². The predicted octanol–water partition coefficient (Wildman–Crippen LogP) is 5.65. The minimum absolute atomic E-state index is 0.0202. The zero-order valence-corrected chi connectivity index (χ0v) is 20.9. The minimum Gasteiger partial charge on any atom is -0.507 e. The summed E-state index contributed by atoms with van der Waals surface area (Å²) < 4.78 is 24.4. The molecule has 5 rings (SSSR count). The molecule has 11 heteroatoms. The van der Waals surface area contributed by atoms with Crippen molar-refractivity contribution < 1.29 is 28.6 Å². The maximum Gasteiger partial charge on any atom is 0.302 e. The van der Waals surface area contributed by atoms with Crippen molar-refractivity contribution in [1.29, 1.82) is 0 Å². The number of fused-ring (bicyclic) bond motifs is 1. The van der Waals surface area contributed by atoms with E-state index in [0.29, 0.717) is 16.6 Å². The van der Waals surface area contributed by atoms with Crippen LogP contribution in [0.5, 0.6) is 11.5 Å². The quantitative estimate of drug-likeness (QED) is 0.192. The number of ketones is 1. The number of hydrogen-bond acceptors (Lipinski definition) is 6. The third-order valence-corrected chi connectivity index (χ3v) is 6.65. The van der Waals surface area contributed by atoms with Crippen LogP contribution in [-0.2, 0) is 9.59 Å². The van der Waals surface area contributed by atoms with Gasteiger partial charge in [0.15, 0.2) is 11.5 Å². The molecule has 4 aromatic rings. The first-order valence-electron chi connectivity index (χ1n) is 10.9. The summed E-state index contributed by atoms with van der Waals surface area (Å²) in [5, 5.41) is 11.5. The zero-order chi connectivity index (χ0) is 26.4. The highest BCUT2D eigenvalue weighted by molar-refractivity contribution is 6.51. The number of carbonyl (C=O) groups is 2. The Labute approximate surface area is 219 Å². The molecule has 1 amide bonds. The fourth-order valence-corrected chi connectivity index (χ4v) is 5.04. The van der Waals surface area contributed by atoms with Crippen molar-refractivity contribution in [2.75, 3.05) is 19.1 Å². The zero-order valence-electron chi connectivity index (χ0n) is 19.4. The summed E-state index contributed by atoms with van der Waals surface area (Å²) in [6.45, 7) is 0. The Morgan fingerprint density at radius 3 is 2.38 bits per heavy atom. The molecule has 1 saturated heterocycles. The smallest absolute Gasteiger partial charge is 0.302 e. The molecule has 1 atom stereocenters. The molecule has 1 aliphatic heterocycles. The van der Waals surface area contributed by atoms with Gasteiger partial charge in [-0.2, -0.15) is 0 Å². The molecule has 2 N–H and O–H groups in total. The van der Waals surface area contributed by atoms with Gasteiger partial charge in [0.2, 0.25) is 5.95 Å². The number of H-pyrrole nitrogens is 1. The van der Waals surface area contributed by atoms with Crippen molar-refractivity contribution in [3.8, 4) is 11.5 Å². The Balaban J connectivity index is 1.78. The number of methoxy groups -OCH3 is 2. The molecule has 1 unspecified atom stereocenters. The average Bonchev–Trinajstić information content (AvgIpc) is 3.42. The first-order chi connectivity index (χ1) is 17.8. The van der Waals surface area contributed by atoms with Crippen molar-refractivity contribution in [2.24, 2.45) is 0 Å². The molecule has 3 aromatic carbocycles. The summed E-state index contributed by atoms with van der Waals surface area (Å²) in [7, 11) is 2.68. The molecule has 1 aliphatic rings. The normalized spacial score (nSPS) is 17.0. The molecule has 0 bridgehead atoms. The molecule has 0 radical (unpaired) electrons. The first kappa shape index (κ1) is 24.6. The van der Waals surface area contributed by atoms with Gasteiger partial charge in [0.25, 0.3) is 5.78 Å². The number of halogens is 3. The summed E-state index contributed by atoms with van der Waals surface area (Å²) in [6.07, 6.45) is 0. The number of rotatable bonds is 5. The third kappa shape index (κ3) is 3.96. The lowest BCUT2D eigenvalue weighted by atomic mass is 9.95. The van der Waals surface area contributed by atoms with E-state index < -0.39 is 29.3 Å². The Hall–Kier alpha value is -4.08. The molecule has 0 saturated carbocycles. The predicted molar refractivity (Wildman–Crippen MR) is 137 cm³/mol. The van der Waals surface area contributed by atoms with Crippen LogP contribution in [-0.4, -0.2) is 41.0 Å². The van der Waals surface area contributed by atoms with E-state index in [9.17, 15) is 19.1 Å². The molecule has 1 aromatic heterocycles. The van der Waals surface area contributed by atoms with E-state index in [1.165, 1.54) is 44.6 Å². The van der Waals surface area contributed by atoms with E-state index in [1.807, 2.05) is 0 Å². The molecule has 37 heavy (non-hydrogen) atoms. The number of imidazole rings is 1. The van der Waals surface area contributed by atoms with Gasteiger partial charge in [-0.05, 0) is 35.9 Å². The SMILES string of the molecule is COc1c(Cl)cc(/C(O)=C2\C(=O)C(=O)N(c3nc4ccccc4[nH]3)C2c2ccc(F)cc2)c(OC)c1Cl. The van der Waals surface area contributed by atoms with Crippen molar-refractivity contribution in [3.05, 3.63) is 87.2 Å². The third-order valence-electron chi connectivity index (χ3n) is 6.03. The Morgan fingerprint density at radius 2 is 1.73 bits per heavy atom.